The van der Waals surface area contributed by atoms with Crippen LogP contribution in [0.2, 0.25) is 0 Å². The van der Waals surface area contributed by atoms with Crippen LogP contribution >= 0.6 is 0 Å². The van der Waals surface area contributed by atoms with Gasteiger partial charge >= 0.3 is 0 Å². The molecule has 0 aliphatic heterocycles. The van der Waals surface area contributed by atoms with Gasteiger partial charge in [-0.3, -0.25) is 4.57 Å². The average Bonchev–Trinajstić information content (AvgIpc) is 3.53. The average molecular weight is 651 g/mol. The van der Waals surface area contributed by atoms with Crippen molar-refractivity contribution in [1.29, 1.82) is 5.26 Å². The van der Waals surface area contributed by atoms with E-state index in [0.717, 1.165) is 76.8 Å². The maximum absolute atomic E-state index is 9.88. The highest BCUT2D eigenvalue weighted by molar-refractivity contribution is 6.11. The Morgan fingerprint density at radius 3 is 1.69 bits per heavy atom. The van der Waals surface area contributed by atoms with Crippen LogP contribution in [0.4, 0.5) is 0 Å². The number of rotatable bonds is 4. The van der Waals surface area contributed by atoms with Gasteiger partial charge in [-0.15, -0.1) is 0 Å². The van der Waals surface area contributed by atoms with Crippen molar-refractivity contribution in [2.45, 2.75) is 0 Å². The first kappa shape index (κ1) is 28.8. The summed E-state index contributed by atoms with van der Waals surface area (Å²) >= 11 is 0. The third-order valence-electron chi connectivity index (χ3n) is 9.66. The lowest BCUT2D eigenvalue weighted by Gasteiger charge is -2.12. The zero-order chi connectivity index (χ0) is 33.9. The summed E-state index contributed by atoms with van der Waals surface area (Å²) in [6.07, 6.45) is 0. The van der Waals surface area contributed by atoms with Crippen molar-refractivity contribution in [3.05, 3.63) is 163 Å². The van der Waals surface area contributed by atoms with Crippen molar-refractivity contribution in [2.24, 2.45) is 0 Å². The first-order chi connectivity index (χ1) is 25.2. The van der Waals surface area contributed by atoms with E-state index in [-0.39, 0.29) is 0 Å². The van der Waals surface area contributed by atoms with Gasteiger partial charge in [-0.1, -0.05) is 103 Å². The Morgan fingerprint density at radius 1 is 0.431 bits per heavy atom. The number of nitrogens with zero attached hydrogens (tertiary/aromatic N) is 6. The third kappa shape index (κ3) is 4.72. The molecule has 10 rings (SSSR count). The molecule has 3 aromatic heterocycles. The summed E-state index contributed by atoms with van der Waals surface area (Å²) in [6, 6.07) is 55.8. The van der Waals surface area contributed by atoms with Gasteiger partial charge in [0.05, 0.1) is 28.2 Å². The third-order valence-corrected chi connectivity index (χ3v) is 9.66. The van der Waals surface area contributed by atoms with Gasteiger partial charge in [0.25, 0.3) is 0 Å². The second kappa shape index (κ2) is 11.4. The van der Waals surface area contributed by atoms with E-state index in [1.54, 1.807) is 0 Å². The Balaban J connectivity index is 1.23. The Morgan fingerprint density at radius 2 is 1.00 bits per heavy atom. The van der Waals surface area contributed by atoms with Crippen LogP contribution in [-0.4, -0.2) is 24.5 Å². The fraction of sp³-hybridized carbons (Fsp3) is 0. The predicted molar refractivity (Wildman–Crippen MR) is 206 cm³/mol. The van der Waals surface area contributed by atoms with Crippen molar-refractivity contribution in [3.63, 3.8) is 0 Å². The Labute approximate surface area is 292 Å². The second-order valence-electron chi connectivity index (χ2n) is 12.6. The van der Waals surface area contributed by atoms with Crippen molar-refractivity contribution in [1.82, 2.24) is 24.5 Å². The molecule has 0 unspecified atom stereocenters. The minimum atomic E-state index is 0.568. The molecule has 3 heterocycles. The minimum absolute atomic E-state index is 0.568. The van der Waals surface area contributed by atoms with Crippen LogP contribution in [0.25, 0.3) is 94.2 Å². The standard InChI is InChI=1S/C45H26N6/c46-27-28-19-22-40-37(25-28)38-26-32(20-23-41(38)51(40)42-24-21-31-11-3-6-18-39(31)47-42)43-48-44(35-16-7-12-29-9-1-4-14-33(29)35)50-45(49-43)36-17-8-13-30-10-2-5-15-34(30)36/h1-26H. The maximum atomic E-state index is 9.88. The molecule has 0 aliphatic carbocycles. The van der Waals surface area contributed by atoms with Crippen molar-refractivity contribution in [3.8, 4) is 46.1 Å². The Hall–Kier alpha value is -7.23. The molecule has 51 heavy (non-hydrogen) atoms. The molecule has 0 radical (unpaired) electrons. The topological polar surface area (TPSA) is 80.3 Å². The number of benzene rings is 7. The van der Waals surface area contributed by atoms with Crippen LogP contribution in [0.5, 0.6) is 0 Å². The van der Waals surface area contributed by atoms with E-state index in [9.17, 15) is 5.26 Å². The molecule has 0 bridgehead atoms. The molecular weight excluding hydrogens is 625 g/mol. The van der Waals surface area contributed by atoms with E-state index in [4.69, 9.17) is 19.9 Å². The lowest BCUT2D eigenvalue weighted by atomic mass is 10.0. The molecule has 236 valence electrons. The van der Waals surface area contributed by atoms with Crippen molar-refractivity contribution in [2.75, 3.05) is 0 Å². The second-order valence-corrected chi connectivity index (χ2v) is 12.6. The van der Waals surface area contributed by atoms with E-state index in [1.807, 2.05) is 78.9 Å². The Kier molecular flexibility index (Phi) is 6.45. The molecule has 6 heteroatoms. The van der Waals surface area contributed by atoms with Crippen molar-refractivity contribution < 1.29 is 0 Å². The summed E-state index contributed by atoms with van der Waals surface area (Å²) in [4.78, 5) is 20.5. The van der Waals surface area contributed by atoms with E-state index >= 15 is 0 Å². The highest BCUT2D eigenvalue weighted by Gasteiger charge is 2.19. The van der Waals surface area contributed by atoms with Gasteiger partial charge in [0.2, 0.25) is 0 Å². The van der Waals surface area contributed by atoms with Crippen LogP contribution in [-0.2, 0) is 0 Å². The van der Waals surface area contributed by atoms with Crippen LogP contribution < -0.4 is 0 Å². The molecule has 0 aliphatic rings. The number of nitriles is 1. The maximum Gasteiger partial charge on any atom is 0.164 e. The van der Waals surface area contributed by atoms with Gasteiger partial charge in [-0.05, 0) is 76.1 Å². The lowest BCUT2D eigenvalue weighted by Crippen LogP contribution is -2.01. The number of hydrogen-bond donors (Lipinski definition) is 0. The first-order valence-corrected chi connectivity index (χ1v) is 16.8. The van der Waals surface area contributed by atoms with Crippen LogP contribution in [0.3, 0.4) is 0 Å². The van der Waals surface area contributed by atoms with E-state index in [1.165, 1.54) is 0 Å². The van der Waals surface area contributed by atoms with Crippen molar-refractivity contribution >= 4 is 54.3 Å². The normalized spacial score (nSPS) is 11.5. The van der Waals surface area contributed by atoms with Crippen LogP contribution in [0, 0.1) is 11.3 Å². The van der Waals surface area contributed by atoms with Gasteiger partial charge in [0.15, 0.2) is 17.5 Å². The number of para-hydroxylation sites is 1. The molecule has 0 atom stereocenters. The lowest BCUT2D eigenvalue weighted by molar-refractivity contribution is 1.08. The molecule has 0 spiro atoms. The highest BCUT2D eigenvalue weighted by atomic mass is 15.1. The monoisotopic (exact) mass is 650 g/mol. The fourth-order valence-electron chi connectivity index (χ4n) is 7.25. The van der Waals surface area contributed by atoms with Gasteiger partial charge in [-0.2, -0.15) is 5.26 Å². The van der Waals surface area contributed by atoms with E-state index in [2.05, 4.69) is 89.5 Å². The highest BCUT2D eigenvalue weighted by Crippen LogP contribution is 2.37. The summed E-state index contributed by atoms with van der Waals surface area (Å²) < 4.78 is 2.17. The number of hydrogen-bond acceptors (Lipinski definition) is 5. The number of fused-ring (bicyclic) bond motifs is 6. The largest absolute Gasteiger partial charge is 0.294 e. The molecule has 0 saturated carbocycles. The zero-order valence-corrected chi connectivity index (χ0v) is 27.2. The minimum Gasteiger partial charge on any atom is -0.294 e. The summed E-state index contributed by atoms with van der Waals surface area (Å²) in [5, 5.41) is 17.3. The molecule has 0 amide bonds. The number of aromatic nitrogens is 5. The SMILES string of the molecule is N#Cc1ccc2c(c1)c1cc(-c3nc(-c4cccc5ccccc45)nc(-c4cccc5ccccc45)n3)ccc1n2-c1ccc2ccccc2n1. The molecule has 6 nitrogen and oxygen atoms in total. The number of pyridine rings is 1. The van der Waals surface area contributed by atoms with Gasteiger partial charge < -0.3 is 0 Å². The molecule has 10 aromatic rings. The summed E-state index contributed by atoms with van der Waals surface area (Å²) in [5.74, 6) is 2.59. The van der Waals surface area contributed by atoms with Crippen LogP contribution in [0.1, 0.15) is 5.56 Å². The van der Waals surface area contributed by atoms with Gasteiger partial charge in [0, 0.05) is 32.8 Å². The zero-order valence-electron chi connectivity index (χ0n) is 27.2. The summed E-state index contributed by atoms with van der Waals surface area (Å²) in [7, 11) is 0. The predicted octanol–water partition coefficient (Wildman–Crippen LogP) is 10.7. The summed E-state index contributed by atoms with van der Waals surface area (Å²) in [6.45, 7) is 0. The molecule has 7 aromatic carbocycles. The molecule has 0 saturated heterocycles. The molecule has 0 fully saturated rings. The molecule has 0 N–H and O–H groups in total. The fourth-order valence-corrected chi connectivity index (χ4v) is 7.25. The van der Waals surface area contributed by atoms with E-state index in [0.29, 0.717) is 23.0 Å². The van der Waals surface area contributed by atoms with E-state index < -0.39 is 0 Å². The first-order valence-electron chi connectivity index (χ1n) is 16.8. The quantitative estimate of drug-likeness (QED) is 0.189. The summed E-state index contributed by atoms with van der Waals surface area (Å²) in [5.41, 5.74) is 6.18. The Bertz CT molecular complexity index is 2950. The van der Waals surface area contributed by atoms with Gasteiger partial charge in [-0.25, -0.2) is 19.9 Å². The molecular formula is C45H26N6. The van der Waals surface area contributed by atoms with Gasteiger partial charge in [0.1, 0.15) is 5.82 Å². The van der Waals surface area contributed by atoms with Crippen LogP contribution in [0.15, 0.2) is 158 Å². The smallest absolute Gasteiger partial charge is 0.164 e.